The van der Waals surface area contributed by atoms with Crippen molar-refractivity contribution in [3.05, 3.63) is 59.8 Å². The minimum absolute atomic E-state index is 0. The van der Waals surface area contributed by atoms with Crippen LogP contribution in [-0.4, -0.2) is 177 Å². The number of nitrogens with zero attached hydrogens (tertiary/aromatic N) is 13. The Kier molecular flexibility index (Phi) is 22.8. The first-order valence-electron chi connectivity index (χ1n) is 26.4. The molecule has 2 amide bonds. The number of terminal acetylenes is 1. The lowest BCUT2D eigenvalue weighted by Gasteiger charge is -2.38. The molecule has 0 spiro atoms. The second-order valence-corrected chi connectivity index (χ2v) is 19.3. The van der Waals surface area contributed by atoms with E-state index in [1.165, 1.54) is 0 Å². The largest absolute Gasteiger partial charge is 0.377 e. The molecule has 0 saturated carbocycles. The normalized spacial score (nSPS) is 16.5. The molecule has 2 aliphatic heterocycles. The summed E-state index contributed by atoms with van der Waals surface area (Å²) in [5.74, 6) is 4.12. The van der Waals surface area contributed by atoms with Gasteiger partial charge in [-0.3, -0.25) is 9.59 Å². The number of rotatable bonds is 29. The number of carbonyl (C=O) groups excluding carboxylic acids is 2. The summed E-state index contributed by atoms with van der Waals surface area (Å²) < 4.78 is 20.0. The van der Waals surface area contributed by atoms with Crippen molar-refractivity contribution in [2.24, 2.45) is 29.0 Å². The van der Waals surface area contributed by atoms with Crippen LogP contribution in [0.25, 0.3) is 10.9 Å². The van der Waals surface area contributed by atoms with Gasteiger partial charge in [0, 0.05) is 76.5 Å². The summed E-state index contributed by atoms with van der Waals surface area (Å²) in [6, 6.07) is 8.38. The Bertz CT molecular complexity index is 2520. The van der Waals surface area contributed by atoms with Crippen LogP contribution in [0.15, 0.2) is 42.7 Å². The van der Waals surface area contributed by atoms with Gasteiger partial charge >= 0.3 is 0 Å². The quantitative estimate of drug-likeness (QED) is 0.0339. The van der Waals surface area contributed by atoms with Crippen molar-refractivity contribution >= 4 is 53.0 Å². The van der Waals surface area contributed by atoms with E-state index in [9.17, 15) is 9.59 Å². The third kappa shape index (κ3) is 15.8. The number of aromatic nitrogens is 10. The zero-order valence-corrected chi connectivity index (χ0v) is 45.0. The molecule has 23 nitrogen and oxygen atoms in total. The number of piperazine rings is 2. The second kappa shape index (κ2) is 29.3. The Morgan fingerprint density at radius 2 is 1.28 bits per heavy atom. The van der Waals surface area contributed by atoms with Gasteiger partial charge in [-0.2, -0.15) is 15.0 Å². The number of amides is 2. The number of para-hydroxylation sites is 1. The summed E-state index contributed by atoms with van der Waals surface area (Å²) in [5.41, 5.74) is 22.2. The number of carbonyl (C=O) groups is 2. The Labute approximate surface area is 446 Å². The maximum Gasteiger partial charge on any atom is 0.248 e. The molecule has 2 unspecified atom stereocenters. The minimum atomic E-state index is -0.658. The van der Waals surface area contributed by atoms with Crippen molar-refractivity contribution in [2.45, 2.75) is 90.4 Å². The van der Waals surface area contributed by atoms with E-state index >= 15 is 0 Å². The summed E-state index contributed by atoms with van der Waals surface area (Å²) in [6.07, 6.45) is 13.2. The van der Waals surface area contributed by atoms with E-state index in [0.717, 1.165) is 42.3 Å². The molecule has 5 aromatic rings. The smallest absolute Gasteiger partial charge is 0.248 e. The standard InChI is InChI=1S/C51H78N18O5.ClH/c1-6-26-72-28-30-74-31-29-73-27-17-55-49-57-50(66-22-18-64(19-23-66)47(70)43(15-11-12-16-52)68-34-41(60-62-68)45(53)36(4)7-2)59-51(58-49)67-24-20-65(21-25-67)48(71)44(33-39-32-38-13-9-10-14-40(38)56-39)69-35-42(61-63-69)46(54)37(5)8-3;/h1,9-10,13-14,32,34-37,43-46,56H,7-8,11-12,15-31,33,52-54H2,2-5H3,(H,55,57,58,59);1H/t36?,37?,43-,44-,45-,46-;/m0./s1. The molecule has 8 N–H and O–H groups in total. The van der Waals surface area contributed by atoms with Gasteiger partial charge in [-0.1, -0.05) is 75.1 Å². The van der Waals surface area contributed by atoms with Gasteiger partial charge in [0.2, 0.25) is 29.7 Å². The van der Waals surface area contributed by atoms with Crippen LogP contribution < -0.4 is 32.3 Å². The van der Waals surface area contributed by atoms with Crippen molar-refractivity contribution in [1.82, 2.24) is 59.7 Å². The zero-order chi connectivity index (χ0) is 52.4. The highest BCUT2D eigenvalue weighted by Crippen LogP contribution is 2.28. The molecule has 1 aromatic carbocycles. The lowest BCUT2D eigenvalue weighted by Crippen LogP contribution is -2.52. The summed E-state index contributed by atoms with van der Waals surface area (Å²) in [4.78, 5) is 55.2. The van der Waals surface area contributed by atoms with E-state index in [0.29, 0.717) is 141 Å². The van der Waals surface area contributed by atoms with E-state index in [2.05, 4.69) is 86.5 Å². The maximum absolute atomic E-state index is 14.7. The van der Waals surface area contributed by atoms with Gasteiger partial charge in [0.05, 0.1) is 68.9 Å². The number of unbranched alkanes of at least 4 members (excludes halogenated alkanes) is 1. The van der Waals surface area contributed by atoms with Crippen LogP contribution in [0.2, 0.25) is 0 Å². The molecular formula is C51H79ClN18O5. The number of fused-ring (bicyclic) bond motifs is 1. The van der Waals surface area contributed by atoms with Gasteiger partial charge in [-0.05, 0) is 55.2 Å². The highest BCUT2D eigenvalue weighted by molar-refractivity contribution is 5.85. The first-order chi connectivity index (χ1) is 36.0. The summed E-state index contributed by atoms with van der Waals surface area (Å²) in [5, 5.41) is 22.1. The summed E-state index contributed by atoms with van der Waals surface area (Å²) >= 11 is 0. The molecule has 2 fully saturated rings. The molecule has 410 valence electrons. The fourth-order valence-electron chi connectivity index (χ4n) is 9.08. The van der Waals surface area contributed by atoms with Crippen LogP contribution in [0.3, 0.4) is 0 Å². The van der Waals surface area contributed by atoms with Crippen molar-refractivity contribution < 1.29 is 23.8 Å². The first kappa shape index (κ1) is 58.3. The number of hydrogen-bond acceptors (Lipinski definition) is 18. The summed E-state index contributed by atoms with van der Waals surface area (Å²) in [6.45, 7) is 15.4. The number of benzene rings is 1. The van der Waals surface area contributed by atoms with Crippen LogP contribution >= 0.6 is 12.4 Å². The molecule has 7 rings (SSSR count). The molecule has 0 bridgehead atoms. The molecule has 75 heavy (non-hydrogen) atoms. The van der Waals surface area contributed by atoms with E-state index in [1.807, 2.05) is 40.4 Å². The minimum Gasteiger partial charge on any atom is -0.377 e. The zero-order valence-electron chi connectivity index (χ0n) is 44.1. The average Bonchev–Trinajstić information content (AvgIpc) is 4.23. The van der Waals surface area contributed by atoms with E-state index in [4.69, 9.17) is 52.8 Å². The van der Waals surface area contributed by atoms with Crippen molar-refractivity contribution in [2.75, 3.05) is 120 Å². The predicted octanol–water partition coefficient (Wildman–Crippen LogP) is 3.30. The lowest BCUT2D eigenvalue weighted by atomic mass is 9.98. The van der Waals surface area contributed by atoms with Gasteiger partial charge in [-0.15, -0.1) is 29.0 Å². The van der Waals surface area contributed by atoms with E-state index < -0.39 is 12.1 Å². The van der Waals surface area contributed by atoms with Crippen molar-refractivity contribution in [1.29, 1.82) is 0 Å². The van der Waals surface area contributed by atoms with Gasteiger partial charge in [0.15, 0.2) is 0 Å². The molecule has 6 heterocycles. The number of anilines is 3. The molecule has 2 aliphatic rings. The monoisotopic (exact) mass is 1060 g/mol. The number of nitrogens with two attached hydrogens (primary N) is 3. The highest BCUT2D eigenvalue weighted by Gasteiger charge is 2.34. The van der Waals surface area contributed by atoms with Crippen molar-refractivity contribution in [3.63, 3.8) is 0 Å². The molecular weight excluding hydrogens is 980 g/mol. The number of H-pyrrole nitrogens is 1. The Hall–Kier alpha value is -6.00. The Balaban J connectivity index is 0.00000914. The van der Waals surface area contributed by atoms with Crippen molar-refractivity contribution in [3.8, 4) is 12.3 Å². The first-order valence-corrected chi connectivity index (χ1v) is 26.4. The van der Waals surface area contributed by atoms with Crippen LogP contribution in [0.4, 0.5) is 17.8 Å². The molecule has 2 saturated heterocycles. The van der Waals surface area contributed by atoms with E-state index in [1.54, 1.807) is 9.36 Å². The second-order valence-electron chi connectivity index (χ2n) is 19.3. The van der Waals surface area contributed by atoms with Crippen LogP contribution in [0, 0.1) is 24.2 Å². The Morgan fingerprint density at radius 1 is 0.747 bits per heavy atom. The number of aromatic amines is 1. The van der Waals surface area contributed by atoms with Crippen LogP contribution in [0.1, 0.15) is 101 Å². The van der Waals surface area contributed by atoms with Gasteiger partial charge in [0.25, 0.3) is 0 Å². The van der Waals surface area contributed by atoms with Gasteiger partial charge in [-0.25, -0.2) is 9.36 Å². The lowest BCUT2D eigenvalue weighted by molar-refractivity contribution is -0.136. The fraction of sp³-hybridized carbons (Fsp3) is 0.627. The number of hydrogen-bond donors (Lipinski definition) is 5. The molecule has 4 aromatic heterocycles. The number of ether oxygens (including phenoxy) is 3. The molecule has 6 atom stereocenters. The van der Waals surface area contributed by atoms with Gasteiger partial charge < -0.3 is 61.3 Å². The third-order valence-corrected chi connectivity index (χ3v) is 14.2. The van der Waals surface area contributed by atoms with E-state index in [-0.39, 0.29) is 54.7 Å². The fourth-order valence-corrected chi connectivity index (χ4v) is 9.08. The van der Waals surface area contributed by atoms with Crippen LogP contribution in [0.5, 0.6) is 0 Å². The third-order valence-electron chi connectivity index (χ3n) is 14.2. The molecule has 0 radical (unpaired) electrons. The average molecular weight is 1060 g/mol. The predicted molar refractivity (Wildman–Crippen MR) is 290 cm³/mol. The van der Waals surface area contributed by atoms with Crippen LogP contribution in [-0.2, 0) is 30.2 Å². The number of halogens is 1. The summed E-state index contributed by atoms with van der Waals surface area (Å²) in [7, 11) is 0. The number of nitrogens with one attached hydrogen (secondary N) is 2. The molecule has 0 aliphatic carbocycles. The SMILES string of the molecule is C#CCOCCOCCOCCNc1nc(N2CCN(C(=O)[C@H](CCCCN)n3cc([C@@H](N)C(C)CC)nn3)CC2)nc(N2CCN(C(=O)[C@H](Cc3cc4ccccc4[nH]3)n3cc([C@@H](N)C(C)CC)nn3)CC2)n1.Cl. The van der Waals surface area contributed by atoms with Gasteiger partial charge in [0.1, 0.15) is 18.7 Å². The topological polar surface area (TPSA) is 281 Å². The highest BCUT2D eigenvalue weighted by atomic mass is 35.5. The Morgan fingerprint density at radius 3 is 1.83 bits per heavy atom. The maximum atomic E-state index is 14.7. The molecule has 24 heteroatoms.